The Bertz CT molecular complexity index is 441. The van der Waals surface area contributed by atoms with Crippen LogP contribution in [0.25, 0.3) is 0 Å². The lowest BCUT2D eigenvalue weighted by Gasteiger charge is -2.32. The number of nitrogens with one attached hydrogen (secondary N) is 1. The van der Waals surface area contributed by atoms with E-state index in [9.17, 15) is 4.79 Å². The van der Waals surface area contributed by atoms with E-state index in [0.29, 0.717) is 18.4 Å². The van der Waals surface area contributed by atoms with Crippen molar-refractivity contribution in [3.05, 3.63) is 21.4 Å². The molecule has 19 heavy (non-hydrogen) atoms. The van der Waals surface area contributed by atoms with Gasteiger partial charge >= 0.3 is 0 Å². The van der Waals surface area contributed by atoms with Crippen molar-refractivity contribution in [2.45, 2.75) is 46.1 Å². The molecule has 0 spiro atoms. The second-order valence-corrected chi connectivity index (χ2v) is 6.95. The zero-order valence-electron chi connectivity index (χ0n) is 12.2. The van der Waals surface area contributed by atoms with E-state index in [1.54, 1.807) is 0 Å². The molecule has 1 saturated heterocycles. The Labute approximate surface area is 120 Å². The number of aryl methyl sites for hydroxylation is 3. The largest absolute Gasteiger partial charge is 0.340 e. The molecule has 2 heterocycles. The molecule has 1 aromatic heterocycles. The Hall–Kier alpha value is -0.870. The average molecular weight is 280 g/mol. The molecule has 1 amide bonds. The van der Waals surface area contributed by atoms with Crippen LogP contribution in [0.4, 0.5) is 0 Å². The zero-order chi connectivity index (χ0) is 13.8. The predicted octanol–water partition coefficient (Wildman–Crippen LogP) is 2.51. The first-order chi connectivity index (χ1) is 9.06. The minimum Gasteiger partial charge on any atom is -0.340 e. The number of hydrogen-bond donors (Lipinski definition) is 1. The number of amides is 1. The monoisotopic (exact) mass is 280 g/mol. The van der Waals surface area contributed by atoms with Crippen LogP contribution in [-0.2, 0) is 11.2 Å². The van der Waals surface area contributed by atoms with Crippen LogP contribution in [0.5, 0.6) is 0 Å². The van der Waals surface area contributed by atoms with Crippen molar-refractivity contribution in [1.82, 2.24) is 10.2 Å². The van der Waals surface area contributed by atoms with Gasteiger partial charge in [0.05, 0.1) is 0 Å². The van der Waals surface area contributed by atoms with Gasteiger partial charge < -0.3 is 10.2 Å². The number of thiophene rings is 1. The van der Waals surface area contributed by atoms with Crippen molar-refractivity contribution in [3.63, 3.8) is 0 Å². The number of hydrogen-bond acceptors (Lipinski definition) is 3. The number of piperazine rings is 1. The van der Waals surface area contributed by atoms with E-state index in [-0.39, 0.29) is 0 Å². The van der Waals surface area contributed by atoms with E-state index in [4.69, 9.17) is 0 Å². The minimum absolute atomic E-state index is 0.318. The molecule has 2 rings (SSSR count). The fourth-order valence-electron chi connectivity index (χ4n) is 2.68. The topological polar surface area (TPSA) is 32.3 Å². The second kappa shape index (κ2) is 6.53. The van der Waals surface area contributed by atoms with Crippen molar-refractivity contribution in [2.24, 2.45) is 0 Å². The summed E-state index contributed by atoms with van der Waals surface area (Å²) in [4.78, 5) is 16.9. The minimum atomic E-state index is 0.318. The molecule has 106 valence electrons. The van der Waals surface area contributed by atoms with Gasteiger partial charge in [-0.2, -0.15) is 0 Å². The maximum atomic E-state index is 12.1. The Balaban J connectivity index is 1.76. The highest BCUT2D eigenvalue weighted by atomic mass is 32.1. The van der Waals surface area contributed by atoms with E-state index in [1.807, 2.05) is 16.2 Å². The summed E-state index contributed by atoms with van der Waals surface area (Å²) in [5.41, 5.74) is 1.42. The number of carbonyl (C=O) groups is 1. The van der Waals surface area contributed by atoms with Crippen LogP contribution >= 0.6 is 11.3 Å². The summed E-state index contributed by atoms with van der Waals surface area (Å²) in [6.45, 7) is 9.10. The van der Waals surface area contributed by atoms with Crippen LogP contribution in [0.1, 0.15) is 35.1 Å². The van der Waals surface area contributed by atoms with E-state index >= 15 is 0 Å². The molecule has 0 aromatic carbocycles. The molecule has 1 N–H and O–H groups in total. The highest BCUT2D eigenvalue weighted by Gasteiger charge is 2.19. The molecule has 0 aliphatic carbocycles. The second-order valence-electron chi connectivity index (χ2n) is 5.49. The van der Waals surface area contributed by atoms with Crippen molar-refractivity contribution >= 4 is 17.2 Å². The smallest absolute Gasteiger partial charge is 0.222 e. The van der Waals surface area contributed by atoms with Crippen LogP contribution in [0, 0.1) is 13.8 Å². The lowest BCUT2D eigenvalue weighted by Crippen LogP contribution is -2.51. The van der Waals surface area contributed by atoms with Gasteiger partial charge in [-0.25, -0.2) is 0 Å². The van der Waals surface area contributed by atoms with Crippen LogP contribution in [0.15, 0.2) is 6.07 Å². The molecular weight excluding hydrogens is 256 g/mol. The molecule has 0 saturated carbocycles. The normalized spacial score (nSPS) is 19.7. The third-order valence-corrected chi connectivity index (χ3v) is 4.71. The zero-order valence-corrected chi connectivity index (χ0v) is 13.0. The summed E-state index contributed by atoms with van der Waals surface area (Å²) >= 11 is 1.85. The van der Waals surface area contributed by atoms with Crippen molar-refractivity contribution < 1.29 is 4.79 Å². The fraction of sp³-hybridized carbons (Fsp3) is 0.667. The van der Waals surface area contributed by atoms with Crippen LogP contribution in [0.2, 0.25) is 0 Å². The van der Waals surface area contributed by atoms with E-state index in [2.05, 4.69) is 32.2 Å². The molecule has 3 nitrogen and oxygen atoms in total. The van der Waals surface area contributed by atoms with Crippen LogP contribution < -0.4 is 5.32 Å². The average Bonchev–Trinajstić information content (AvgIpc) is 2.68. The van der Waals surface area contributed by atoms with Crippen molar-refractivity contribution in [1.29, 1.82) is 0 Å². The highest BCUT2D eigenvalue weighted by molar-refractivity contribution is 7.12. The summed E-state index contributed by atoms with van der Waals surface area (Å²) in [7, 11) is 0. The Morgan fingerprint density at radius 2 is 2.32 bits per heavy atom. The number of nitrogens with zero attached hydrogens (tertiary/aromatic N) is 1. The van der Waals surface area contributed by atoms with Crippen molar-refractivity contribution in [2.75, 3.05) is 19.6 Å². The van der Waals surface area contributed by atoms with Gasteiger partial charge in [-0.15, -0.1) is 11.3 Å². The van der Waals surface area contributed by atoms with E-state index in [1.165, 1.54) is 15.3 Å². The lowest BCUT2D eigenvalue weighted by atomic mass is 10.1. The molecule has 0 radical (unpaired) electrons. The lowest BCUT2D eigenvalue weighted by molar-refractivity contribution is -0.132. The van der Waals surface area contributed by atoms with Gasteiger partial charge in [0.15, 0.2) is 0 Å². The summed E-state index contributed by atoms with van der Waals surface area (Å²) in [5, 5.41) is 3.37. The maximum Gasteiger partial charge on any atom is 0.222 e. The fourth-order valence-corrected chi connectivity index (χ4v) is 3.65. The molecular formula is C15H24N2OS. The van der Waals surface area contributed by atoms with Gasteiger partial charge in [0.1, 0.15) is 0 Å². The standard InChI is InChI=1S/C15H24N2OS/c1-11-10-17(8-7-16-11)15(18)6-4-5-14-9-12(2)19-13(14)3/h9,11,16H,4-8,10H2,1-3H3/t11-/m0/s1. The molecule has 0 unspecified atom stereocenters. The molecule has 1 fully saturated rings. The first-order valence-corrected chi connectivity index (χ1v) is 7.95. The van der Waals surface area contributed by atoms with Gasteiger partial charge in [0, 0.05) is 41.9 Å². The molecule has 4 heteroatoms. The van der Waals surface area contributed by atoms with E-state index < -0.39 is 0 Å². The van der Waals surface area contributed by atoms with Gasteiger partial charge in [0.25, 0.3) is 0 Å². The highest BCUT2D eigenvalue weighted by Crippen LogP contribution is 2.22. The van der Waals surface area contributed by atoms with Gasteiger partial charge in [-0.3, -0.25) is 4.79 Å². The molecule has 1 aliphatic heterocycles. The summed E-state index contributed by atoms with van der Waals surface area (Å²) in [6, 6.07) is 2.69. The van der Waals surface area contributed by atoms with Gasteiger partial charge in [-0.05, 0) is 45.2 Å². The maximum absolute atomic E-state index is 12.1. The number of rotatable bonds is 4. The van der Waals surface area contributed by atoms with Gasteiger partial charge in [0.2, 0.25) is 5.91 Å². The third kappa shape index (κ3) is 4.05. The summed E-state index contributed by atoms with van der Waals surface area (Å²) in [6.07, 6.45) is 2.68. The Morgan fingerprint density at radius 1 is 1.53 bits per heavy atom. The van der Waals surface area contributed by atoms with Crippen LogP contribution in [0.3, 0.4) is 0 Å². The first-order valence-electron chi connectivity index (χ1n) is 7.13. The van der Waals surface area contributed by atoms with E-state index in [0.717, 1.165) is 32.5 Å². The van der Waals surface area contributed by atoms with Gasteiger partial charge in [-0.1, -0.05) is 0 Å². The quantitative estimate of drug-likeness (QED) is 0.919. The Morgan fingerprint density at radius 3 is 2.95 bits per heavy atom. The molecule has 0 bridgehead atoms. The Kier molecular flexibility index (Phi) is 4.99. The summed E-state index contributed by atoms with van der Waals surface area (Å²) < 4.78 is 0. The SMILES string of the molecule is Cc1cc(CCCC(=O)N2CCN[C@@H](C)C2)c(C)s1. The van der Waals surface area contributed by atoms with Crippen molar-refractivity contribution in [3.8, 4) is 0 Å². The van der Waals surface area contributed by atoms with Crippen LogP contribution in [-0.4, -0.2) is 36.5 Å². The molecule has 1 aromatic rings. The third-order valence-electron chi connectivity index (χ3n) is 3.70. The summed E-state index contributed by atoms with van der Waals surface area (Å²) in [5.74, 6) is 0.318. The number of carbonyl (C=O) groups excluding carboxylic acids is 1. The predicted molar refractivity (Wildman–Crippen MR) is 80.8 cm³/mol. The molecule has 1 atom stereocenters. The first kappa shape index (κ1) is 14.5. The molecule has 1 aliphatic rings.